The van der Waals surface area contributed by atoms with Crippen LogP contribution >= 0.6 is 0 Å². The lowest BCUT2D eigenvalue weighted by molar-refractivity contribution is -0.122. The van der Waals surface area contributed by atoms with E-state index >= 15 is 0 Å². The second kappa shape index (κ2) is 12.9. The van der Waals surface area contributed by atoms with Crippen LogP contribution in [-0.2, 0) is 14.8 Å². The monoisotopic (exact) mass is 571 g/mol. The summed E-state index contributed by atoms with van der Waals surface area (Å²) in [5.74, 6) is 0.532. The molecule has 0 aromatic heterocycles. The average molecular weight is 572 g/mol. The molecule has 7 nitrogen and oxygen atoms in total. The summed E-state index contributed by atoms with van der Waals surface area (Å²) >= 11 is 0. The maximum Gasteiger partial charge on any atom is 0.241 e. The highest BCUT2D eigenvalue weighted by Gasteiger charge is 2.28. The van der Waals surface area contributed by atoms with E-state index in [-0.39, 0.29) is 29.3 Å². The van der Waals surface area contributed by atoms with Crippen molar-refractivity contribution in [3.63, 3.8) is 0 Å². The number of benzene rings is 4. The molecule has 0 saturated carbocycles. The van der Waals surface area contributed by atoms with Crippen molar-refractivity contribution in [3.8, 4) is 5.75 Å². The van der Waals surface area contributed by atoms with E-state index in [1.54, 1.807) is 18.2 Å². The van der Waals surface area contributed by atoms with Gasteiger partial charge in [0.05, 0.1) is 23.6 Å². The summed E-state index contributed by atoms with van der Waals surface area (Å²) in [7, 11) is -3.91. The number of ether oxygens (including phenoxy) is 1. The van der Waals surface area contributed by atoms with Gasteiger partial charge >= 0.3 is 0 Å². The molecule has 3 unspecified atom stereocenters. The van der Waals surface area contributed by atoms with E-state index < -0.39 is 16.1 Å². The predicted octanol–water partition coefficient (Wildman–Crippen LogP) is 5.95. The summed E-state index contributed by atoms with van der Waals surface area (Å²) in [5.41, 5.74) is 2.80. The Morgan fingerprint density at radius 2 is 1.68 bits per heavy atom. The van der Waals surface area contributed by atoms with E-state index in [1.807, 2.05) is 60.7 Å². The van der Waals surface area contributed by atoms with E-state index in [1.165, 1.54) is 0 Å². The summed E-state index contributed by atoms with van der Waals surface area (Å²) in [5, 5.41) is 8.46. The van der Waals surface area contributed by atoms with Crippen LogP contribution < -0.4 is 20.1 Å². The lowest BCUT2D eigenvalue weighted by Crippen LogP contribution is -2.36. The van der Waals surface area contributed by atoms with Crippen LogP contribution in [0.15, 0.2) is 95.9 Å². The summed E-state index contributed by atoms with van der Waals surface area (Å²) in [6.45, 7) is 5.68. The van der Waals surface area contributed by atoms with Gasteiger partial charge in [-0.25, -0.2) is 13.1 Å². The molecule has 8 heteroatoms. The molecule has 5 rings (SSSR count). The van der Waals surface area contributed by atoms with Crippen LogP contribution in [0.5, 0.6) is 5.75 Å². The number of carbonyl (C=O) groups is 1. The second-order valence-corrected chi connectivity index (χ2v) is 12.2. The molecule has 1 aliphatic heterocycles. The molecule has 0 aliphatic carbocycles. The first-order chi connectivity index (χ1) is 19.8. The van der Waals surface area contributed by atoms with Gasteiger partial charge in [0.15, 0.2) is 0 Å². The Morgan fingerprint density at radius 1 is 0.927 bits per heavy atom. The minimum atomic E-state index is -3.91. The number of sulfonamides is 1. The first kappa shape index (κ1) is 28.8. The Labute approximate surface area is 242 Å². The third-order valence-corrected chi connectivity index (χ3v) is 9.00. The molecule has 1 amide bonds. The summed E-state index contributed by atoms with van der Waals surface area (Å²) < 4.78 is 35.7. The fraction of sp³-hybridized carbons (Fsp3) is 0.303. The van der Waals surface area contributed by atoms with Crippen LogP contribution in [-0.4, -0.2) is 27.5 Å². The number of hydrogen-bond donors (Lipinski definition) is 3. The van der Waals surface area contributed by atoms with Gasteiger partial charge in [-0.15, -0.1) is 0 Å². The zero-order chi connectivity index (χ0) is 28.8. The number of nitrogens with one attached hydrogen (secondary N) is 3. The molecule has 4 aromatic rings. The van der Waals surface area contributed by atoms with Gasteiger partial charge in [-0.1, -0.05) is 73.7 Å². The number of fused-ring (bicyclic) bond motifs is 2. The largest absolute Gasteiger partial charge is 0.493 e. The molecular formula is C33H37N3O4S. The SMILES string of the molecule is CCCNC(C)c1ccc2c(c1)C(NC(=O)CC(NS(=O)(=O)c1ccc3ccccc3c1)c1ccccc1)CCO2. The van der Waals surface area contributed by atoms with Crippen molar-refractivity contribution in [1.82, 2.24) is 15.4 Å². The third-order valence-electron chi connectivity index (χ3n) is 7.53. The first-order valence-electron chi connectivity index (χ1n) is 14.2. The fourth-order valence-corrected chi connectivity index (χ4v) is 6.51. The van der Waals surface area contributed by atoms with Crippen LogP contribution in [0.4, 0.5) is 0 Å². The van der Waals surface area contributed by atoms with Crippen molar-refractivity contribution in [2.45, 2.75) is 56.1 Å². The van der Waals surface area contributed by atoms with Crippen molar-refractivity contribution in [2.24, 2.45) is 0 Å². The van der Waals surface area contributed by atoms with Crippen LogP contribution in [0.3, 0.4) is 0 Å². The van der Waals surface area contributed by atoms with E-state index in [0.717, 1.165) is 46.2 Å². The van der Waals surface area contributed by atoms with Crippen LogP contribution in [0, 0.1) is 0 Å². The third kappa shape index (κ3) is 6.96. The maximum atomic E-state index is 13.5. The molecule has 41 heavy (non-hydrogen) atoms. The zero-order valence-corrected chi connectivity index (χ0v) is 24.3. The Hall–Kier alpha value is -3.72. The smallest absolute Gasteiger partial charge is 0.241 e. The van der Waals surface area contributed by atoms with Crippen molar-refractivity contribution in [2.75, 3.05) is 13.2 Å². The lowest BCUT2D eigenvalue weighted by atomic mass is 9.95. The van der Waals surface area contributed by atoms with Crippen molar-refractivity contribution < 1.29 is 17.9 Å². The predicted molar refractivity (Wildman–Crippen MR) is 162 cm³/mol. The Morgan fingerprint density at radius 3 is 2.46 bits per heavy atom. The highest BCUT2D eigenvalue weighted by Crippen LogP contribution is 2.34. The number of amides is 1. The normalized spacial score (nSPS) is 16.4. The molecule has 214 valence electrons. The van der Waals surface area contributed by atoms with Crippen LogP contribution in [0.2, 0.25) is 0 Å². The standard InChI is InChI=1S/C33H37N3O4S/c1-3-18-34-23(2)26-14-16-32-29(21-26)30(17-19-40-32)35-33(37)22-31(25-10-5-4-6-11-25)36-41(38,39)28-15-13-24-9-7-8-12-27(24)20-28/h4-16,20-21,23,30-31,34,36H,3,17-19,22H2,1-2H3,(H,35,37). The van der Waals surface area contributed by atoms with Gasteiger partial charge in [-0.3, -0.25) is 4.79 Å². The summed E-state index contributed by atoms with van der Waals surface area (Å²) in [4.78, 5) is 13.6. The van der Waals surface area contributed by atoms with Gasteiger partial charge < -0.3 is 15.4 Å². The summed E-state index contributed by atoms with van der Waals surface area (Å²) in [6, 6.07) is 27.2. The maximum absolute atomic E-state index is 13.5. The van der Waals surface area contributed by atoms with Gasteiger partial charge in [0.25, 0.3) is 0 Å². The van der Waals surface area contributed by atoms with E-state index in [4.69, 9.17) is 4.74 Å². The fourth-order valence-electron chi connectivity index (χ4n) is 5.25. The second-order valence-electron chi connectivity index (χ2n) is 10.5. The van der Waals surface area contributed by atoms with Crippen LogP contribution in [0.1, 0.15) is 67.9 Å². The number of hydrogen-bond acceptors (Lipinski definition) is 5. The Kier molecular flexibility index (Phi) is 9.03. The van der Waals surface area contributed by atoms with Crippen LogP contribution in [0.25, 0.3) is 10.8 Å². The quantitative estimate of drug-likeness (QED) is 0.207. The molecule has 3 atom stereocenters. The Bertz CT molecular complexity index is 1610. The van der Waals surface area contributed by atoms with Crippen molar-refractivity contribution in [3.05, 3.63) is 108 Å². The van der Waals surface area contributed by atoms with Gasteiger partial charge in [0.2, 0.25) is 15.9 Å². The molecule has 0 fully saturated rings. The van der Waals surface area contributed by atoms with E-state index in [9.17, 15) is 13.2 Å². The van der Waals surface area contributed by atoms with Gasteiger partial charge in [-0.2, -0.15) is 0 Å². The zero-order valence-electron chi connectivity index (χ0n) is 23.5. The molecule has 0 bridgehead atoms. The van der Waals surface area contributed by atoms with Gasteiger partial charge in [0, 0.05) is 24.4 Å². The Balaban J connectivity index is 1.35. The summed E-state index contributed by atoms with van der Waals surface area (Å²) in [6.07, 6.45) is 1.64. The van der Waals surface area contributed by atoms with Crippen molar-refractivity contribution >= 4 is 26.7 Å². The minimum Gasteiger partial charge on any atom is -0.493 e. The molecule has 3 N–H and O–H groups in total. The van der Waals surface area contributed by atoms with E-state index in [2.05, 4.69) is 41.3 Å². The number of carbonyl (C=O) groups excluding carboxylic acids is 1. The van der Waals surface area contributed by atoms with Crippen molar-refractivity contribution in [1.29, 1.82) is 0 Å². The van der Waals surface area contributed by atoms with Gasteiger partial charge in [-0.05, 0) is 66.1 Å². The molecule has 4 aromatic carbocycles. The lowest BCUT2D eigenvalue weighted by Gasteiger charge is -2.29. The van der Waals surface area contributed by atoms with E-state index in [0.29, 0.717) is 13.0 Å². The highest BCUT2D eigenvalue weighted by molar-refractivity contribution is 7.89. The molecule has 1 heterocycles. The molecule has 1 aliphatic rings. The highest BCUT2D eigenvalue weighted by atomic mass is 32.2. The average Bonchev–Trinajstić information content (AvgIpc) is 2.99. The molecule has 0 radical (unpaired) electrons. The minimum absolute atomic E-state index is 0.0440. The molecule has 0 spiro atoms. The molecule has 0 saturated heterocycles. The topological polar surface area (TPSA) is 96.5 Å². The molecular weight excluding hydrogens is 534 g/mol. The first-order valence-corrected chi connectivity index (χ1v) is 15.7. The number of rotatable bonds is 11. The van der Waals surface area contributed by atoms with Gasteiger partial charge in [0.1, 0.15) is 5.75 Å².